The summed E-state index contributed by atoms with van der Waals surface area (Å²) in [6.07, 6.45) is 0.154. The molecular formula is C15H19N3O2. The lowest BCUT2D eigenvalue weighted by atomic mass is 9.97. The molecule has 3 N–H and O–H groups in total. The van der Waals surface area contributed by atoms with E-state index < -0.39 is 11.9 Å². The number of hydrogen-bond acceptors (Lipinski definition) is 3. The lowest BCUT2D eigenvalue weighted by molar-refractivity contribution is -0.120. The topological polar surface area (TPSA) is 96.0 Å². The molecule has 0 saturated carbocycles. The van der Waals surface area contributed by atoms with Crippen LogP contribution in [0.3, 0.4) is 0 Å². The van der Waals surface area contributed by atoms with Gasteiger partial charge in [0.05, 0.1) is 6.07 Å². The van der Waals surface area contributed by atoms with Crippen LogP contribution in [0.4, 0.5) is 0 Å². The van der Waals surface area contributed by atoms with Crippen molar-refractivity contribution in [2.45, 2.75) is 33.2 Å². The van der Waals surface area contributed by atoms with Gasteiger partial charge >= 0.3 is 0 Å². The van der Waals surface area contributed by atoms with Gasteiger partial charge in [-0.2, -0.15) is 5.26 Å². The Labute approximate surface area is 118 Å². The third-order valence-electron chi connectivity index (χ3n) is 3.06. The van der Waals surface area contributed by atoms with Gasteiger partial charge in [0.25, 0.3) is 5.91 Å². The van der Waals surface area contributed by atoms with Gasteiger partial charge in [0, 0.05) is 12.0 Å². The third-order valence-corrected chi connectivity index (χ3v) is 3.06. The van der Waals surface area contributed by atoms with E-state index in [1.54, 1.807) is 19.1 Å². The molecule has 20 heavy (non-hydrogen) atoms. The minimum Gasteiger partial charge on any atom is -0.368 e. The highest BCUT2D eigenvalue weighted by atomic mass is 16.2. The molecule has 0 unspecified atom stereocenters. The van der Waals surface area contributed by atoms with Crippen LogP contribution >= 0.6 is 0 Å². The van der Waals surface area contributed by atoms with Gasteiger partial charge in [-0.05, 0) is 31.9 Å². The van der Waals surface area contributed by atoms with Gasteiger partial charge in [-0.25, -0.2) is 0 Å². The zero-order chi connectivity index (χ0) is 15.3. The number of carbonyl (C=O) groups is 2. The first-order valence-electron chi connectivity index (χ1n) is 6.40. The van der Waals surface area contributed by atoms with E-state index in [2.05, 4.69) is 5.32 Å². The summed E-state index contributed by atoms with van der Waals surface area (Å²) in [6, 6.07) is 6.58. The normalized spacial score (nSPS) is 13.1. The van der Waals surface area contributed by atoms with Crippen molar-refractivity contribution in [3.8, 4) is 6.07 Å². The Bertz CT molecular complexity index is 540. The van der Waals surface area contributed by atoms with Crippen molar-refractivity contribution in [1.82, 2.24) is 5.32 Å². The second-order valence-electron chi connectivity index (χ2n) is 5.07. The summed E-state index contributed by atoms with van der Waals surface area (Å²) in [5.41, 5.74) is 7.71. The molecule has 0 spiro atoms. The zero-order valence-electron chi connectivity index (χ0n) is 11.9. The lowest BCUT2D eigenvalue weighted by Gasteiger charge is -2.20. The fourth-order valence-corrected chi connectivity index (χ4v) is 2.09. The Hall–Kier alpha value is -2.35. The van der Waals surface area contributed by atoms with Crippen LogP contribution in [0, 0.1) is 31.1 Å². The molecule has 0 aliphatic carbocycles. The molecule has 0 heterocycles. The molecule has 0 radical (unpaired) electrons. The average molecular weight is 273 g/mol. The van der Waals surface area contributed by atoms with Crippen LogP contribution < -0.4 is 11.1 Å². The molecule has 1 aromatic carbocycles. The predicted molar refractivity (Wildman–Crippen MR) is 75.8 cm³/mol. The van der Waals surface area contributed by atoms with E-state index in [4.69, 9.17) is 11.0 Å². The predicted octanol–water partition coefficient (Wildman–Crippen LogP) is 1.44. The Morgan fingerprint density at radius 2 is 1.85 bits per heavy atom. The monoisotopic (exact) mass is 273 g/mol. The van der Waals surface area contributed by atoms with Crippen LogP contribution in [-0.4, -0.2) is 17.9 Å². The summed E-state index contributed by atoms with van der Waals surface area (Å²) < 4.78 is 0. The van der Waals surface area contributed by atoms with E-state index in [0.29, 0.717) is 5.56 Å². The van der Waals surface area contributed by atoms with Crippen molar-refractivity contribution in [3.05, 3.63) is 34.9 Å². The van der Waals surface area contributed by atoms with Gasteiger partial charge in [-0.15, -0.1) is 0 Å². The summed E-state index contributed by atoms with van der Waals surface area (Å²) in [5, 5.41) is 11.3. The van der Waals surface area contributed by atoms with Crippen LogP contribution in [0.15, 0.2) is 18.2 Å². The first kappa shape index (κ1) is 15.7. The van der Waals surface area contributed by atoms with Crippen molar-refractivity contribution >= 4 is 11.8 Å². The number of aryl methyl sites for hydroxylation is 2. The van der Waals surface area contributed by atoms with Gasteiger partial charge in [0.2, 0.25) is 5.91 Å². The standard InChI is InChI=1S/C15H19N3O2/c1-9-6-10(2)8-12(7-9)15(20)18-13(14(17)19)11(3)4-5-16/h6-8,11,13H,4H2,1-3H3,(H2,17,19)(H,18,20)/t11-,13-/m0/s1. The van der Waals surface area contributed by atoms with Gasteiger partial charge in [0.15, 0.2) is 0 Å². The minimum atomic E-state index is -0.844. The summed E-state index contributed by atoms with van der Waals surface area (Å²) in [4.78, 5) is 23.6. The number of carbonyl (C=O) groups excluding carboxylic acids is 2. The van der Waals surface area contributed by atoms with E-state index in [1.165, 1.54) is 0 Å². The van der Waals surface area contributed by atoms with Crippen LogP contribution in [0.25, 0.3) is 0 Å². The third kappa shape index (κ3) is 4.09. The molecule has 0 fully saturated rings. The number of nitrogens with one attached hydrogen (secondary N) is 1. The number of nitrogens with zero attached hydrogens (tertiary/aromatic N) is 1. The molecule has 0 aromatic heterocycles. The molecule has 5 nitrogen and oxygen atoms in total. The van der Waals surface area contributed by atoms with Crippen molar-refractivity contribution in [2.24, 2.45) is 11.7 Å². The second kappa shape index (κ2) is 6.71. The molecule has 0 aliphatic rings. The van der Waals surface area contributed by atoms with Crippen molar-refractivity contribution in [1.29, 1.82) is 5.26 Å². The minimum absolute atomic E-state index is 0.154. The molecule has 2 amide bonds. The smallest absolute Gasteiger partial charge is 0.251 e. The highest BCUT2D eigenvalue weighted by molar-refractivity contribution is 5.97. The second-order valence-corrected chi connectivity index (χ2v) is 5.07. The van der Waals surface area contributed by atoms with Crippen molar-refractivity contribution < 1.29 is 9.59 Å². The zero-order valence-corrected chi connectivity index (χ0v) is 11.9. The number of nitrogens with two attached hydrogens (primary N) is 1. The van der Waals surface area contributed by atoms with E-state index in [-0.39, 0.29) is 18.2 Å². The number of benzene rings is 1. The largest absolute Gasteiger partial charge is 0.368 e. The SMILES string of the molecule is Cc1cc(C)cc(C(=O)N[C@H](C(N)=O)[C@@H](C)CC#N)c1. The fraction of sp³-hybridized carbons (Fsp3) is 0.400. The van der Waals surface area contributed by atoms with Crippen LogP contribution in [0.5, 0.6) is 0 Å². The number of rotatable bonds is 5. The maximum Gasteiger partial charge on any atom is 0.251 e. The van der Waals surface area contributed by atoms with Gasteiger partial charge < -0.3 is 11.1 Å². The molecule has 0 aliphatic heterocycles. The van der Waals surface area contributed by atoms with Crippen LogP contribution in [-0.2, 0) is 4.79 Å². The molecule has 5 heteroatoms. The van der Waals surface area contributed by atoms with E-state index in [1.807, 2.05) is 26.0 Å². The Kier molecular flexibility index (Phi) is 5.27. The molecule has 106 valence electrons. The maximum atomic E-state index is 12.2. The van der Waals surface area contributed by atoms with Gasteiger partial charge in [-0.1, -0.05) is 24.1 Å². The quantitative estimate of drug-likeness (QED) is 0.849. The van der Waals surface area contributed by atoms with E-state index in [0.717, 1.165) is 11.1 Å². The number of amides is 2. The molecular weight excluding hydrogens is 254 g/mol. The first-order valence-corrected chi connectivity index (χ1v) is 6.40. The average Bonchev–Trinajstić information content (AvgIpc) is 2.34. The van der Waals surface area contributed by atoms with Crippen LogP contribution in [0.1, 0.15) is 34.8 Å². The van der Waals surface area contributed by atoms with Crippen LogP contribution in [0.2, 0.25) is 0 Å². The highest BCUT2D eigenvalue weighted by Crippen LogP contribution is 2.11. The van der Waals surface area contributed by atoms with Gasteiger partial charge in [0.1, 0.15) is 6.04 Å². The molecule has 2 atom stereocenters. The highest BCUT2D eigenvalue weighted by Gasteiger charge is 2.25. The first-order chi connectivity index (χ1) is 9.35. The van der Waals surface area contributed by atoms with E-state index >= 15 is 0 Å². The summed E-state index contributed by atoms with van der Waals surface area (Å²) in [6.45, 7) is 5.50. The van der Waals surface area contributed by atoms with Crippen molar-refractivity contribution in [3.63, 3.8) is 0 Å². The van der Waals surface area contributed by atoms with Crippen molar-refractivity contribution in [2.75, 3.05) is 0 Å². The summed E-state index contributed by atoms with van der Waals surface area (Å²) in [5.74, 6) is -1.32. The Morgan fingerprint density at radius 1 is 1.30 bits per heavy atom. The molecule has 0 saturated heterocycles. The Morgan fingerprint density at radius 3 is 2.30 bits per heavy atom. The fourth-order valence-electron chi connectivity index (χ4n) is 2.09. The van der Waals surface area contributed by atoms with Gasteiger partial charge in [-0.3, -0.25) is 9.59 Å². The molecule has 1 rings (SSSR count). The lowest BCUT2D eigenvalue weighted by Crippen LogP contribution is -2.48. The molecule has 0 bridgehead atoms. The number of hydrogen-bond donors (Lipinski definition) is 2. The number of nitriles is 1. The summed E-state index contributed by atoms with van der Waals surface area (Å²) in [7, 11) is 0. The molecule has 1 aromatic rings. The van der Waals surface area contributed by atoms with E-state index in [9.17, 15) is 9.59 Å². The Balaban J connectivity index is 2.91. The number of primary amides is 1. The summed E-state index contributed by atoms with van der Waals surface area (Å²) >= 11 is 0. The maximum absolute atomic E-state index is 12.2.